The van der Waals surface area contributed by atoms with Crippen LogP contribution in [-0.4, -0.2) is 16.1 Å². The Balaban J connectivity index is 1.73. The summed E-state index contributed by atoms with van der Waals surface area (Å²) < 4.78 is 2.47. The zero-order valence-corrected chi connectivity index (χ0v) is 10.5. The van der Waals surface area contributed by atoms with Crippen LogP contribution in [0.3, 0.4) is 0 Å². The Morgan fingerprint density at radius 3 is 2.88 bits per heavy atom. The molecule has 1 aromatic rings. The van der Waals surface area contributed by atoms with Crippen LogP contribution in [0.5, 0.6) is 0 Å². The highest BCUT2D eigenvalue weighted by molar-refractivity contribution is 5.37. The number of nitrogens with zero attached hydrogens (tertiary/aromatic N) is 2. The summed E-state index contributed by atoms with van der Waals surface area (Å²) in [7, 11) is 0. The molecule has 17 heavy (non-hydrogen) atoms. The van der Waals surface area contributed by atoms with E-state index in [4.69, 9.17) is 4.98 Å². The Hall–Kier alpha value is -0.990. The first-order chi connectivity index (χ1) is 8.36. The van der Waals surface area contributed by atoms with Gasteiger partial charge in [-0.1, -0.05) is 12.8 Å². The highest BCUT2D eigenvalue weighted by Crippen LogP contribution is 2.48. The number of hydrogen-bond donors (Lipinski definition) is 1. The predicted molar refractivity (Wildman–Crippen MR) is 68.3 cm³/mol. The monoisotopic (exact) mass is 231 g/mol. The van der Waals surface area contributed by atoms with Crippen molar-refractivity contribution in [2.24, 2.45) is 5.41 Å². The summed E-state index contributed by atoms with van der Waals surface area (Å²) in [4.78, 5) is 4.80. The number of anilines is 1. The fraction of sp³-hybridized carbons (Fsp3) is 0.786. The van der Waals surface area contributed by atoms with Crippen molar-refractivity contribution in [3.8, 4) is 0 Å². The van der Waals surface area contributed by atoms with E-state index >= 15 is 0 Å². The van der Waals surface area contributed by atoms with Gasteiger partial charge in [0.05, 0.1) is 5.69 Å². The molecule has 2 heterocycles. The van der Waals surface area contributed by atoms with E-state index in [0.717, 1.165) is 12.5 Å². The Kier molecular flexibility index (Phi) is 2.06. The number of nitrogens with one attached hydrogen (secondary N) is 1. The van der Waals surface area contributed by atoms with Crippen molar-refractivity contribution < 1.29 is 0 Å². The molecule has 0 unspecified atom stereocenters. The average Bonchev–Trinajstić information content (AvgIpc) is 2.95. The Morgan fingerprint density at radius 2 is 2.00 bits per heavy atom. The first kappa shape index (κ1) is 9.98. The van der Waals surface area contributed by atoms with Crippen LogP contribution >= 0.6 is 0 Å². The number of fused-ring (bicyclic) bond motifs is 3. The number of hydrogen-bond acceptors (Lipinski definition) is 2. The van der Waals surface area contributed by atoms with Crippen LogP contribution < -0.4 is 5.32 Å². The lowest BCUT2D eigenvalue weighted by Gasteiger charge is -2.33. The molecule has 4 rings (SSSR count). The van der Waals surface area contributed by atoms with Crippen molar-refractivity contribution in [3.63, 3.8) is 0 Å². The molecule has 0 saturated heterocycles. The van der Waals surface area contributed by atoms with Gasteiger partial charge in [-0.25, -0.2) is 4.98 Å². The lowest BCUT2D eigenvalue weighted by molar-refractivity contribution is 0.246. The number of aryl methyl sites for hydroxylation is 1. The van der Waals surface area contributed by atoms with E-state index in [9.17, 15) is 0 Å². The summed E-state index contributed by atoms with van der Waals surface area (Å²) in [6.45, 7) is 2.28. The second kappa shape index (κ2) is 3.50. The number of rotatable bonds is 0. The molecular formula is C14H21N3. The molecule has 1 saturated carbocycles. The molecule has 0 atom stereocenters. The van der Waals surface area contributed by atoms with Gasteiger partial charge in [-0.05, 0) is 43.9 Å². The molecule has 2 aliphatic carbocycles. The van der Waals surface area contributed by atoms with Crippen LogP contribution in [0.2, 0.25) is 0 Å². The van der Waals surface area contributed by atoms with Gasteiger partial charge >= 0.3 is 0 Å². The Bertz CT molecular complexity index is 441. The van der Waals surface area contributed by atoms with E-state index in [-0.39, 0.29) is 0 Å². The maximum absolute atomic E-state index is 4.80. The third-order valence-corrected chi connectivity index (χ3v) is 5.10. The summed E-state index contributed by atoms with van der Waals surface area (Å²) in [6.07, 6.45) is 11.0. The van der Waals surface area contributed by atoms with Gasteiger partial charge in [-0.3, -0.25) is 0 Å². The SMILES string of the molecule is C1CNc2nc3c(n2C1)CC1(CCCC1)CC3. The summed E-state index contributed by atoms with van der Waals surface area (Å²) in [5, 5.41) is 3.45. The third kappa shape index (κ3) is 1.44. The molecule has 1 N–H and O–H groups in total. The van der Waals surface area contributed by atoms with Crippen molar-refractivity contribution in [2.45, 2.75) is 57.9 Å². The molecule has 1 aliphatic heterocycles. The largest absolute Gasteiger partial charge is 0.356 e. The zero-order valence-electron chi connectivity index (χ0n) is 10.5. The van der Waals surface area contributed by atoms with E-state index in [1.807, 2.05) is 0 Å². The lowest BCUT2D eigenvalue weighted by Crippen LogP contribution is -2.28. The summed E-state index contributed by atoms with van der Waals surface area (Å²) in [6, 6.07) is 0. The molecule has 3 nitrogen and oxygen atoms in total. The Morgan fingerprint density at radius 1 is 1.12 bits per heavy atom. The van der Waals surface area contributed by atoms with Crippen molar-refractivity contribution in [1.82, 2.24) is 9.55 Å². The highest BCUT2D eigenvalue weighted by atomic mass is 15.2. The number of aromatic nitrogens is 2. The molecule has 1 fully saturated rings. The minimum Gasteiger partial charge on any atom is -0.356 e. The van der Waals surface area contributed by atoms with E-state index in [1.165, 1.54) is 63.6 Å². The van der Waals surface area contributed by atoms with E-state index in [0.29, 0.717) is 5.41 Å². The highest BCUT2D eigenvalue weighted by Gasteiger charge is 2.39. The first-order valence-corrected chi connectivity index (χ1v) is 7.19. The van der Waals surface area contributed by atoms with Gasteiger partial charge in [0.15, 0.2) is 0 Å². The fourth-order valence-corrected chi connectivity index (χ4v) is 4.13. The molecule has 0 aromatic carbocycles. The quantitative estimate of drug-likeness (QED) is 0.744. The van der Waals surface area contributed by atoms with E-state index < -0.39 is 0 Å². The van der Waals surface area contributed by atoms with Gasteiger partial charge in [0.25, 0.3) is 0 Å². The van der Waals surface area contributed by atoms with E-state index in [1.54, 1.807) is 5.69 Å². The van der Waals surface area contributed by atoms with Crippen LogP contribution in [0.4, 0.5) is 5.95 Å². The smallest absolute Gasteiger partial charge is 0.203 e. The second-order valence-electron chi connectivity index (χ2n) is 6.14. The van der Waals surface area contributed by atoms with Gasteiger partial charge in [0, 0.05) is 18.8 Å². The summed E-state index contributed by atoms with van der Waals surface area (Å²) in [5.41, 5.74) is 3.62. The van der Waals surface area contributed by atoms with Gasteiger partial charge in [-0.15, -0.1) is 0 Å². The average molecular weight is 231 g/mol. The predicted octanol–water partition coefficient (Wildman–Crippen LogP) is 2.75. The van der Waals surface area contributed by atoms with Crippen LogP contribution in [0.25, 0.3) is 0 Å². The van der Waals surface area contributed by atoms with Crippen molar-refractivity contribution in [2.75, 3.05) is 11.9 Å². The molecular weight excluding hydrogens is 210 g/mol. The summed E-state index contributed by atoms with van der Waals surface area (Å²) >= 11 is 0. The van der Waals surface area contributed by atoms with Crippen LogP contribution in [0.1, 0.15) is 49.9 Å². The fourth-order valence-electron chi connectivity index (χ4n) is 4.13. The molecule has 0 bridgehead atoms. The topological polar surface area (TPSA) is 29.9 Å². The van der Waals surface area contributed by atoms with Crippen LogP contribution in [-0.2, 0) is 19.4 Å². The zero-order chi connectivity index (χ0) is 11.3. The van der Waals surface area contributed by atoms with Crippen molar-refractivity contribution in [3.05, 3.63) is 11.4 Å². The number of imidazole rings is 1. The summed E-state index contributed by atoms with van der Waals surface area (Å²) in [5.74, 6) is 1.15. The van der Waals surface area contributed by atoms with Crippen molar-refractivity contribution >= 4 is 5.95 Å². The second-order valence-corrected chi connectivity index (χ2v) is 6.14. The molecule has 0 amide bonds. The van der Waals surface area contributed by atoms with Gasteiger partial charge in [0.2, 0.25) is 5.95 Å². The third-order valence-electron chi connectivity index (χ3n) is 5.10. The molecule has 3 aliphatic rings. The molecule has 1 aromatic heterocycles. The maximum Gasteiger partial charge on any atom is 0.203 e. The normalized spacial score (nSPS) is 25.4. The van der Waals surface area contributed by atoms with E-state index in [2.05, 4.69) is 9.88 Å². The maximum atomic E-state index is 4.80. The molecule has 3 heteroatoms. The van der Waals surface area contributed by atoms with Crippen molar-refractivity contribution in [1.29, 1.82) is 0 Å². The standard InChI is InChI=1S/C14H21N3/c1-2-6-14(5-1)7-4-11-12(10-14)17-9-3-8-15-13(17)16-11/h1-10H2,(H,15,16). The minimum atomic E-state index is 0.654. The molecule has 92 valence electrons. The van der Waals surface area contributed by atoms with Crippen LogP contribution in [0.15, 0.2) is 0 Å². The Labute approximate surface area is 103 Å². The van der Waals surface area contributed by atoms with Gasteiger partial charge < -0.3 is 9.88 Å². The van der Waals surface area contributed by atoms with Gasteiger partial charge in [0.1, 0.15) is 0 Å². The lowest BCUT2D eigenvalue weighted by atomic mass is 9.73. The molecule has 1 spiro atoms. The molecule has 0 radical (unpaired) electrons. The minimum absolute atomic E-state index is 0.654. The van der Waals surface area contributed by atoms with Gasteiger partial charge in [-0.2, -0.15) is 0 Å². The first-order valence-electron chi connectivity index (χ1n) is 7.19. The van der Waals surface area contributed by atoms with Crippen LogP contribution in [0, 0.1) is 5.41 Å².